The van der Waals surface area contributed by atoms with Crippen molar-refractivity contribution in [2.75, 3.05) is 24.6 Å². The average molecular weight is 277 g/mol. The molecule has 0 amide bonds. The van der Waals surface area contributed by atoms with Crippen molar-refractivity contribution in [1.82, 2.24) is 4.90 Å². The van der Waals surface area contributed by atoms with Crippen LogP contribution in [0.25, 0.3) is 0 Å². The molecular formula is C12H23NO4S. The second-order valence-electron chi connectivity index (χ2n) is 6.21. The highest BCUT2D eigenvalue weighted by Crippen LogP contribution is 2.22. The second kappa shape index (κ2) is 5.57. The summed E-state index contributed by atoms with van der Waals surface area (Å²) < 4.78 is 23.1. The van der Waals surface area contributed by atoms with E-state index in [1.54, 1.807) is 0 Å². The summed E-state index contributed by atoms with van der Waals surface area (Å²) in [7, 11) is -3.07. The van der Waals surface area contributed by atoms with Gasteiger partial charge in [0, 0.05) is 12.6 Å². The van der Waals surface area contributed by atoms with Crippen LogP contribution >= 0.6 is 0 Å². The van der Waals surface area contributed by atoms with Gasteiger partial charge in [-0.3, -0.25) is 9.69 Å². The summed E-state index contributed by atoms with van der Waals surface area (Å²) in [5.41, 5.74) is 0.171. The number of aliphatic carboxylic acids is 1. The van der Waals surface area contributed by atoms with E-state index in [0.717, 1.165) is 13.0 Å². The van der Waals surface area contributed by atoms with Crippen LogP contribution in [0.15, 0.2) is 0 Å². The van der Waals surface area contributed by atoms with E-state index in [1.807, 2.05) is 4.90 Å². The van der Waals surface area contributed by atoms with Crippen molar-refractivity contribution in [3.63, 3.8) is 0 Å². The molecule has 0 aromatic heterocycles. The first-order valence-corrected chi connectivity index (χ1v) is 8.07. The summed E-state index contributed by atoms with van der Waals surface area (Å²) in [5.74, 6) is -0.811. The zero-order valence-corrected chi connectivity index (χ0v) is 12.2. The fraction of sp³-hybridized carbons (Fsp3) is 0.917. The molecule has 0 saturated carbocycles. The van der Waals surface area contributed by atoms with Crippen LogP contribution in [0.2, 0.25) is 0 Å². The fourth-order valence-corrected chi connectivity index (χ4v) is 3.68. The Hall–Kier alpha value is -0.620. The molecule has 0 aromatic rings. The number of carboxylic acids is 1. The minimum absolute atomic E-state index is 0.0244. The number of nitrogens with zero attached hydrogens (tertiary/aromatic N) is 1. The lowest BCUT2D eigenvalue weighted by molar-refractivity contribution is -0.138. The lowest BCUT2D eigenvalue weighted by Crippen LogP contribution is -2.50. The van der Waals surface area contributed by atoms with Gasteiger partial charge in [-0.25, -0.2) is 8.42 Å². The van der Waals surface area contributed by atoms with Crippen molar-refractivity contribution < 1.29 is 18.3 Å². The highest BCUT2D eigenvalue weighted by molar-refractivity contribution is 7.91. The van der Waals surface area contributed by atoms with Gasteiger partial charge in [-0.05, 0) is 18.4 Å². The molecule has 6 heteroatoms. The van der Waals surface area contributed by atoms with Crippen molar-refractivity contribution in [3.05, 3.63) is 0 Å². The molecule has 0 radical (unpaired) electrons. The highest BCUT2D eigenvalue weighted by Gasteiger charge is 2.32. The molecule has 1 heterocycles. The predicted octanol–water partition coefficient (Wildman–Crippen LogP) is 0.996. The number of sulfone groups is 1. The smallest absolute Gasteiger partial charge is 0.304 e. The Morgan fingerprint density at radius 1 is 1.39 bits per heavy atom. The van der Waals surface area contributed by atoms with E-state index in [-0.39, 0.29) is 29.4 Å². The Morgan fingerprint density at radius 2 is 2.00 bits per heavy atom. The predicted molar refractivity (Wildman–Crippen MR) is 70.3 cm³/mol. The van der Waals surface area contributed by atoms with E-state index in [0.29, 0.717) is 6.54 Å². The number of carbonyl (C=O) groups is 1. The summed E-state index contributed by atoms with van der Waals surface area (Å²) in [4.78, 5) is 12.8. The largest absolute Gasteiger partial charge is 0.481 e. The molecule has 1 N–H and O–H groups in total. The van der Waals surface area contributed by atoms with Crippen molar-refractivity contribution in [3.8, 4) is 0 Å². The molecule has 1 rings (SSSR count). The first kappa shape index (κ1) is 15.4. The molecule has 0 spiro atoms. The van der Waals surface area contributed by atoms with Crippen LogP contribution in [-0.2, 0) is 14.6 Å². The molecule has 1 aliphatic heterocycles. The van der Waals surface area contributed by atoms with E-state index in [4.69, 9.17) is 5.11 Å². The molecule has 1 atom stereocenters. The maximum Gasteiger partial charge on any atom is 0.304 e. The maximum absolute atomic E-state index is 11.6. The molecule has 1 saturated heterocycles. The summed E-state index contributed by atoms with van der Waals surface area (Å²) >= 11 is 0. The third-order valence-electron chi connectivity index (χ3n) is 3.21. The Kier molecular flexibility index (Phi) is 4.78. The molecule has 1 fully saturated rings. The van der Waals surface area contributed by atoms with Crippen molar-refractivity contribution in [2.24, 2.45) is 5.41 Å². The van der Waals surface area contributed by atoms with Gasteiger partial charge in [-0.15, -0.1) is 0 Å². The quantitative estimate of drug-likeness (QED) is 0.829. The molecular weight excluding hydrogens is 254 g/mol. The minimum Gasteiger partial charge on any atom is -0.481 e. The molecule has 5 nitrogen and oxygen atoms in total. The van der Waals surface area contributed by atoms with Gasteiger partial charge in [0.15, 0.2) is 9.84 Å². The van der Waals surface area contributed by atoms with Crippen LogP contribution in [0.4, 0.5) is 0 Å². The normalized spacial score (nSPS) is 24.9. The zero-order chi connectivity index (χ0) is 14.0. The van der Waals surface area contributed by atoms with Gasteiger partial charge in [0.1, 0.15) is 0 Å². The van der Waals surface area contributed by atoms with Gasteiger partial charge in [0.2, 0.25) is 0 Å². The van der Waals surface area contributed by atoms with Crippen LogP contribution in [-0.4, -0.2) is 55.0 Å². The van der Waals surface area contributed by atoms with Gasteiger partial charge in [-0.2, -0.15) is 0 Å². The topological polar surface area (TPSA) is 74.7 Å². The van der Waals surface area contributed by atoms with E-state index < -0.39 is 15.8 Å². The minimum atomic E-state index is -3.07. The third-order valence-corrected chi connectivity index (χ3v) is 4.91. The van der Waals surface area contributed by atoms with Crippen LogP contribution < -0.4 is 0 Å². The molecule has 0 aromatic carbocycles. The monoisotopic (exact) mass is 277 g/mol. The first-order chi connectivity index (χ1) is 8.09. The molecule has 1 aliphatic rings. The van der Waals surface area contributed by atoms with E-state index in [1.165, 1.54) is 0 Å². The van der Waals surface area contributed by atoms with Crippen LogP contribution in [0.3, 0.4) is 0 Å². The van der Waals surface area contributed by atoms with E-state index in [9.17, 15) is 13.2 Å². The van der Waals surface area contributed by atoms with Crippen LogP contribution in [0.1, 0.15) is 33.6 Å². The second-order valence-corrected chi connectivity index (χ2v) is 8.44. The van der Waals surface area contributed by atoms with Crippen molar-refractivity contribution in [2.45, 2.75) is 39.7 Å². The summed E-state index contributed by atoms with van der Waals surface area (Å²) in [6.45, 7) is 7.59. The summed E-state index contributed by atoms with van der Waals surface area (Å²) in [5, 5.41) is 8.86. The van der Waals surface area contributed by atoms with Gasteiger partial charge in [-0.1, -0.05) is 20.8 Å². The van der Waals surface area contributed by atoms with Crippen LogP contribution in [0, 0.1) is 5.41 Å². The SMILES string of the molecule is CC(C)(C)CCN1CCS(=O)(=O)CC1CC(=O)O. The maximum atomic E-state index is 11.6. The number of hydrogen-bond donors (Lipinski definition) is 1. The highest BCUT2D eigenvalue weighted by atomic mass is 32.2. The summed E-state index contributed by atoms with van der Waals surface area (Å²) in [6.07, 6.45) is 0.840. The Morgan fingerprint density at radius 3 is 2.50 bits per heavy atom. The lowest BCUT2D eigenvalue weighted by Gasteiger charge is -2.36. The third kappa shape index (κ3) is 5.35. The van der Waals surface area contributed by atoms with E-state index >= 15 is 0 Å². The molecule has 0 bridgehead atoms. The van der Waals surface area contributed by atoms with Gasteiger partial charge in [0.05, 0.1) is 17.9 Å². The Labute approximate surface area is 109 Å². The molecule has 106 valence electrons. The van der Waals surface area contributed by atoms with Crippen molar-refractivity contribution in [1.29, 1.82) is 0 Å². The standard InChI is InChI=1S/C12H23NO4S/c1-12(2,3)4-5-13-6-7-18(16,17)9-10(13)8-11(14)15/h10H,4-9H2,1-3H3,(H,14,15). The van der Waals surface area contributed by atoms with Gasteiger partial charge in [0.25, 0.3) is 0 Å². The first-order valence-electron chi connectivity index (χ1n) is 6.25. The lowest BCUT2D eigenvalue weighted by atomic mass is 9.92. The van der Waals surface area contributed by atoms with Crippen molar-refractivity contribution >= 4 is 15.8 Å². The number of carboxylic acid groups (broad SMARTS) is 1. The molecule has 1 unspecified atom stereocenters. The Bertz CT molecular complexity index is 397. The van der Waals surface area contributed by atoms with Crippen LogP contribution in [0.5, 0.6) is 0 Å². The van der Waals surface area contributed by atoms with Gasteiger partial charge < -0.3 is 5.11 Å². The molecule has 0 aliphatic carbocycles. The zero-order valence-electron chi connectivity index (χ0n) is 11.3. The fourth-order valence-electron chi connectivity index (χ4n) is 2.08. The average Bonchev–Trinajstić information content (AvgIpc) is 2.12. The van der Waals surface area contributed by atoms with E-state index in [2.05, 4.69) is 20.8 Å². The summed E-state index contributed by atoms with van der Waals surface area (Å²) in [6, 6.07) is -0.372. The van der Waals surface area contributed by atoms with Gasteiger partial charge >= 0.3 is 5.97 Å². The number of rotatable bonds is 4. The Balaban J connectivity index is 2.66. The molecule has 18 heavy (non-hydrogen) atoms. The number of hydrogen-bond acceptors (Lipinski definition) is 4.